The highest BCUT2D eigenvalue weighted by atomic mass is 32.1. The van der Waals surface area contributed by atoms with Crippen molar-refractivity contribution in [3.8, 4) is 0 Å². The molecule has 0 radical (unpaired) electrons. The highest BCUT2D eigenvalue weighted by Gasteiger charge is 2.24. The lowest BCUT2D eigenvalue weighted by Crippen LogP contribution is -2.45. The number of nitrogens with two attached hydrogens (primary N) is 1. The summed E-state index contributed by atoms with van der Waals surface area (Å²) in [7, 11) is 0. The number of thiazole rings is 1. The van der Waals surface area contributed by atoms with Crippen LogP contribution >= 0.6 is 11.3 Å². The van der Waals surface area contributed by atoms with E-state index in [4.69, 9.17) is 5.73 Å². The first kappa shape index (κ1) is 15.8. The highest BCUT2D eigenvalue weighted by Crippen LogP contribution is 2.19. The van der Waals surface area contributed by atoms with Crippen LogP contribution in [0.15, 0.2) is 6.20 Å². The molecule has 21 heavy (non-hydrogen) atoms. The average molecular weight is 310 g/mol. The number of aromatic nitrogens is 1. The number of nitrogens with one attached hydrogen (secondary N) is 1. The SMILES string of the molecule is CCc1cnc(CNC(=O)N2CCC[C@H](CC(N)=O)C2)s1. The number of likely N-dealkylation sites (tertiary alicyclic amines) is 1. The first-order valence-corrected chi connectivity index (χ1v) is 8.14. The van der Waals surface area contributed by atoms with Gasteiger partial charge in [0.25, 0.3) is 0 Å². The van der Waals surface area contributed by atoms with Crippen molar-refractivity contribution in [1.82, 2.24) is 15.2 Å². The minimum absolute atomic E-state index is 0.0857. The van der Waals surface area contributed by atoms with E-state index >= 15 is 0 Å². The maximum absolute atomic E-state index is 12.2. The van der Waals surface area contributed by atoms with E-state index in [0.29, 0.717) is 19.5 Å². The molecule has 2 rings (SSSR count). The fourth-order valence-corrected chi connectivity index (χ4v) is 3.36. The number of primary amides is 1. The van der Waals surface area contributed by atoms with Crippen LogP contribution in [-0.4, -0.2) is 34.9 Å². The van der Waals surface area contributed by atoms with Gasteiger partial charge in [0.1, 0.15) is 5.01 Å². The van der Waals surface area contributed by atoms with Crippen LogP contribution < -0.4 is 11.1 Å². The van der Waals surface area contributed by atoms with E-state index in [-0.39, 0.29) is 17.9 Å². The van der Waals surface area contributed by atoms with E-state index in [2.05, 4.69) is 17.2 Å². The van der Waals surface area contributed by atoms with Gasteiger partial charge in [-0.05, 0) is 25.2 Å². The van der Waals surface area contributed by atoms with Crippen molar-refractivity contribution in [2.75, 3.05) is 13.1 Å². The smallest absolute Gasteiger partial charge is 0.317 e. The van der Waals surface area contributed by atoms with E-state index < -0.39 is 0 Å². The molecule has 3 N–H and O–H groups in total. The van der Waals surface area contributed by atoms with Crippen LogP contribution in [0.4, 0.5) is 4.79 Å². The summed E-state index contributed by atoms with van der Waals surface area (Å²) in [6.45, 7) is 3.88. The molecular formula is C14H22N4O2S. The van der Waals surface area contributed by atoms with Crippen LogP contribution in [0.3, 0.4) is 0 Å². The minimum Gasteiger partial charge on any atom is -0.370 e. The van der Waals surface area contributed by atoms with Gasteiger partial charge >= 0.3 is 6.03 Å². The number of aryl methyl sites for hydroxylation is 1. The summed E-state index contributed by atoms with van der Waals surface area (Å²) >= 11 is 1.62. The Bertz CT molecular complexity index is 503. The number of hydrogen-bond donors (Lipinski definition) is 2. The van der Waals surface area contributed by atoms with Crippen LogP contribution in [0.1, 0.15) is 36.1 Å². The summed E-state index contributed by atoms with van der Waals surface area (Å²) in [6.07, 6.45) is 5.06. The van der Waals surface area contributed by atoms with E-state index in [1.807, 2.05) is 6.20 Å². The molecule has 0 unspecified atom stereocenters. The fourth-order valence-electron chi connectivity index (χ4n) is 2.56. The molecule has 3 amide bonds. The molecule has 1 fully saturated rings. The van der Waals surface area contributed by atoms with Crippen molar-refractivity contribution in [3.63, 3.8) is 0 Å². The first-order valence-electron chi connectivity index (χ1n) is 7.33. The van der Waals surface area contributed by atoms with Crippen molar-refractivity contribution >= 4 is 23.3 Å². The number of piperidine rings is 1. The number of hydrogen-bond acceptors (Lipinski definition) is 4. The molecule has 0 aliphatic carbocycles. The van der Waals surface area contributed by atoms with E-state index in [0.717, 1.165) is 30.8 Å². The highest BCUT2D eigenvalue weighted by molar-refractivity contribution is 7.11. The quantitative estimate of drug-likeness (QED) is 0.864. The summed E-state index contributed by atoms with van der Waals surface area (Å²) in [4.78, 5) is 30.4. The second-order valence-corrected chi connectivity index (χ2v) is 6.56. The molecule has 0 spiro atoms. The van der Waals surface area contributed by atoms with Gasteiger partial charge in [-0.25, -0.2) is 9.78 Å². The molecule has 2 heterocycles. The Labute approximate surface area is 128 Å². The number of nitrogens with zero attached hydrogens (tertiary/aromatic N) is 2. The van der Waals surface area contributed by atoms with Gasteiger partial charge in [-0.2, -0.15) is 0 Å². The van der Waals surface area contributed by atoms with Gasteiger partial charge in [0, 0.05) is 30.6 Å². The second kappa shape index (κ2) is 7.40. The molecule has 0 aromatic carbocycles. The number of rotatable bonds is 5. The van der Waals surface area contributed by atoms with Crippen LogP contribution in [-0.2, 0) is 17.8 Å². The molecule has 7 heteroatoms. The van der Waals surface area contributed by atoms with Crippen LogP contribution in [0.2, 0.25) is 0 Å². The maximum atomic E-state index is 12.2. The predicted octanol–water partition coefficient (Wildman–Crippen LogP) is 1.50. The number of carbonyl (C=O) groups is 2. The van der Waals surface area contributed by atoms with Crippen molar-refractivity contribution < 1.29 is 9.59 Å². The van der Waals surface area contributed by atoms with Gasteiger partial charge in [0.15, 0.2) is 0 Å². The molecule has 0 saturated carbocycles. The molecule has 1 aromatic heterocycles. The Morgan fingerprint density at radius 3 is 3.05 bits per heavy atom. The lowest BCUT2D eigenvalue weighted by atomic mass is 9.95. The predicted molar refractivity (Wildman–Crippen MR) is 81.8 cm³/mol. The van der Waals surface area contributed by atoms with Gasteiger partial charge < -0.3 is 16.0 Å². The Kier molecular flexibility index (Phi) is 5.55. The van der Waals surface area contributed by atoms with Gasteiger partial charge in [-0.15, -0.1) is 11.3 Å². The average Bonchev–Trinajstić information content (AvgIpc) is 2.92. The number of carbonyl (C=O) groups excluding carboxylic acids is 2. The molecular weight excluding hydrogens is 288 g/mol. The Morgan fingerprint density at radius 2 is 2.38 bits per heavy atom. The minimum atomic E-state index is -0.294. The molecule has 0 bridgehead atoms. The first-order chi connectivity index (χ1) is 10.1. The molecule has 1 aromatic rings. The third kappa shape index (κ3) is 4.70. The van der Waals surface area contributed by atoms with E-state index in [9.17, 15) is 9.59 Å². The van der Waals surface area contributed by atoms with Crippen LogP contribution in [0, 0.1) is 5.92 Å². The molecule has 6 nitrogen and oxygen atoms in total. The summed E-state index contributed by atoms with van der Waals surface area (Å²) in [5.74, 6) is -0.106. The Hall–Kier alpha value is -1.63. The molecule has 1 atom stereocenters. The van der Waals surface area contributed by atoms with Crippen molar-refractivity contribution in [1.29, 1.82) is 0 Å². The van der Waals surface area contributed by atoms with Gasteiger partial charge in [-0.3, -0.25) is 4.79 Å². The fraction of sp³-hybridized carbons (Fsp3) is 0.643. The van der Waals surface area contributed by atoms with Gasteiger partial charge in [0.2, 0.25) is 5.91 Å². The van der Waals surface area contributed by atoms with Crippen LogP contribution in [0.5, 0.6) is 0 Å². The van der Waals surface area contributed by atoms with Gasteiger partial charge in [-0.1, -0.05) is 6.92 Å². The number of urea groups is 1. The summed E-state index contributed by atoms with van der Waals surface area (Å²) in [5.41, 5.74) is 5.23. The maximum Gasteiger partial charge on any atom is 0.317 e. The van der Waals surface area contributed by atoms with Gasteiger partial charge in [0.05, 0.1) is 6.54 Å². The summed E-state index contributed by atoms with van der Waals surface area (Å²) in [5, 5.41) is 3.82. The van der Waals surface area contributed by atoms with E-state index in [1.165, 1.54) is 4.88 Å². The summed E-state index contributed by atoms with van der Waals surface area (Å²) in [6, 6.07) is -0.0857. The summed E-state index contributed by atoms with van der Waals surface area (Å²) < 4.78 is 0. The van der Waals surface area contributed by atoms with Crippen molar-refractivity contribution in [2.45, 2.75) is 39.2 Å². The van der Waals surface area contributed by atoms with E-state index in [1.54, 1.807) is 16.2 Å². The zero-order valence-corrected chi connectivity index (χ0v) is 13.1. The number of amides is 3. The zero-order valence-electron chi connectivity index (χ0n) is 12.3. The van der Waals surface area contributed by atoms with Crippen molar-refractivity contribution in [3.05, 3.63) is 16.1 Å². The third-order valence-corrected chi connectivity index (χ3v) is 4.78. The molecule has 1 aliphatic rings. The van der Waals surface area contributed by atoms with Crippen LogP contribution in [0.25, 0.3) is 0 Å². The lowest BCUT2D eigenvalue weighted by Gasteiger charge is -2.32. The zero-order chi connectivity index (χ0) is 15.2. The monoisotopic (exact) mass is 310 g/mol. The normalized spacial score (nSPS) is 18.5. The largest absolute Gasteiger partial charge is 0.370 e. The molecule has 116 valence electrons. The Balaban J connectivity index is 1.80. The van der Waals surface area contributed by atoms with Crippen molar-refractivity contribution in [2.24, 2.45) is 11.7 Å². The standard InChI is InChI=1S/C14H22N4O2S/c1-2-11-7-16-13(21-11)8-17-14(20)18-5-3-4-10(9-18)6-12(15)19/h7,10H,2-6,8-9H2,1H3,(H2,15,19)(H,17,20)/t10-/m1/s1. The second-order valence-electron chi connectivity index (χ2n) is 5.36. The molecule has 1 saturated heterocycles. The third-order valence-electron chi connectivity index (χ3n) is 3.64. The lowest BCUT2D eigenvalue weighted by molar-refractivity contribution is -0.119. The molecule has 1 aliphatic heterocycles. The Morgan fingerprint density at radius 1 is 1.57 bits per heavy atom. The topological polar surface area (TPSA) is 88.3 Å².